The highest BCUT2D eigenvalue weighted by Gasteiger charge is 2.22. The molecule has 0 amide bonds. The summed E-state index contributed by atoms with van der Waals surface area (Å²) in [6.45, 7) is 1.88. The van der Waals surface area contributed by atoms with Crippen LogP contribution in [-0.4, -0.2) is 24.6 Å². The van der Waals surface area contributed by atoms with Crippen molar-refractivity contribution in [1.29, 1.82) is 0 Å². The summed E-state index contributed by atoms with van der Waals surface area (Å²) in [5.74, 6) is 0. The summed E-state index contributed by atoms with van der Waals surface area (Å²) in [5, 5.41) is 1.80. The zero-order chi connectivity index (χ0) is 16.4. The maximum absolute atomic E-state index is 12.9. The van der Waals surface area contributed by atoms with Crippen molar-refractivity contribution in [1.82, 2.24) is 9.97 Å². The molecule has 1 aromatic carbocycles. The SMILES string of the molecule is CSc1sccc1S(=O)(=O)c1cccc(-c2cncnc2C)c1. The highest BCUT2D eigenvalue weighted by Crippen LogP contribution is 2.35. The quantitative estimate of drug-likeness (QED) is 0.655. The van der Waals surface area contributed by atoms with Crippen LogP contribution in [0.4, 0.5) is 0 Å². The number of nitrogens with zero attached hydrogens (tertiary/aromatic N) is 2. The van der Waals surface area contributed by atoms with Crippen LogP contribution in [0.2, 0.25) is 0 Å². The first-order valence-corrected chi connectivity index (χ1v) is 10.4. The number of benzene rings is 1. The van der Waals surface area contributed by atoms with Crippen molar-refractivity contribution in [3.63, 3.8) is 0 Å². The monoisotopic (exact) mass is 362 g/mol. The average Bonchev–Trinajstić information content (AvgIpc) is 3.05. The van der Waals surface area contributed by atoms with Gasteiger partial charge in [-0.15, -0.1) is 23.1 Å². The van der Waals surface area contributed by atoms with Gasteiger partial charge < -0.3 is 0 Å². The molecule has 4 nitrogen and oxygen atoms in total. The van der Waals surface area contributed by atoms with E-state index in [4.69, 9.17) is 0 Å². The molecule has 23 heavy (non-hydrogen) atoms. The van der Waals surface area contributed by atoms with E-state index in [-0.39, 0.29) is 4.90 Å². The first-order valence-electron chi connectivity index (χ1n) is 6.77. The van der Waals surface area contributed by atoms with Crippen molar-refractivity contribution in [3.8, 4) is 11.1 Å². The summed E-state index contributed by atoms with van der Waals surface area (Å²) in [4.78, 5) is 8.84. The maximum Gasteiger partial charge on any atom is 0.208 e. The molecule has 3 aromatic rings. The van der Waals surface area contributed by atoms with Gasteiger partial charge >= 0.3 is 0 Å². The molecule has 0 radical (unpaired) electrons. The van der Waals surface area contributed by atoms with Crippen LogP contribution in [0.15, 0.2) is 62.2 Å². The van der Waals surface area contributed by atoms with E-state index in [1.165, 1.54) is 29.4 Å². The molecule has 0 saturated carbocycles. The van der Waals surface area contributed by atoms with Crippen molar-refractivity contribution in [2.75, 3.05) is 6.26 Å². The topological polar surface area (TPSA) is 59.9 Å². The lowest BCUT2D eigenvalue weighted by molar-refractivity contribution is 0.595. The predicted molar refractivity (Wildman–Crippen MR) is 93.8 cm³/mol. The average molecular weight is 363 g/mol. The lowest BCUT2D eigenvalue weighted by Crippen LogP contribution is -2.02. The molecule has 7 heteroatoms. The molecule has 3 rings (SSSR count). The highest BCUT2D eigenvalue weighted by molar-refractivity contribution is 8.01. The molecule has 0 spiro atoms. The number of hydrogen-bond acceptors (Lipinski definition) is 6. The molecule has 2 heterocycles. The fourth-order valence-electron chi connectivity index (χ4n) is 2.26. The Kier molecular flexibility index (Phi) is 4.52. The second-order valence-electron chi connectivity index (χ2n) is 4.83. The van der Waals surface area contributed by atoms with Crippen LogP contribution in [0.5, 0.6) is 0 Å². The number of hydrogen-bond donors (Lipinski definition) is 0. The summed E-state index contributed by atoms with van der Waals surface area (Å²) in [6.07, 6.45) is 5.06. The van der Waals surface area contributed by atoms with Crippen LogP contribution in [0.3, 0.4) is 0 Å². The Balaban J connectivity index is 2.12. The van der Waals surface area contributed by atoms with Gasteiger partial charge in [0.15, 0.2) is 0 Å². The fraction of sp³-hybridized carbons (Fsp3) is 0.125. The molecule has 0 aliphatic carbocycles. The molecule has 0 aliphatic rings. The Morgan fingerprint density at radius 1 is 1.22 bits per heavy atom. The fourth-order valence-corrected chi connectivity index (χ4v) is 6.00. The maximum atomic E-state index is 12.9. The van der Waals surface area contributed by atoms with Crippen molar-refractivity contribution in [2.24, 2.45) is 0 Å². The molecule has 0 bridgehead atoms. The second kappa shape index (κ2) is 6.43. The van der Waals surface area contributed by atoms with Crippen molar-refractivity contribution >= 4 is 32.9 Å². The van der Waals surface area contributed by atoms with E-state index in [1.807, 2.05) is 19.2 Å². The van der Waals surface area contributed by atoms with Crippen LogP contribution >= 0.6 is 23.1 Å². The van der Waals surface area contributed by atoms with Gasteiger partial charge in [-0.1, -0.05) is 12.1 Å². The van der Waals surface area contributed by atoms with Crippen molar-refractivity contribution in [3.05, 3.63) is 53.9 Å². The smallest absolute Gasteiger partial charge is 0.208 e. The molecule has 0 aliphatic heterocycles. The first-order chi connectivity index (χ1) is 11.0. The van der Waals surface area contributed by atoms with E-state index in [2.05, 4.69) is 9.97 Å². The Hall–Kier alpha value is -1.70. The van der Waals surface area contributed by atoms with E-state index >= 15 is 0 Å². The van der Waals surface area contributed by atoms with E-state index in [0.29, 0.717) is 4.90 Å². The Labute approximate surface area is 143 Å². The van der Waals surface area contributed by atoms with Gasteiger partial charge in [0.25, 0.3) is 0 Å². The van der Waals surface area contributed by atoms with Gasteiger partial charge in [-0.25, -0.2) is 18.4 Å². The number of aromatic nitrogens is 2. The second-order valence-corrected chi connectivity index (χ2v) is 8.74. The molecule has 0 fully saturated rings. The largest absolute Gasteiger partial charge is 0.244 e. The molecule has 0 saturated heterocycles. The van der Waals surface area contributed by atoms with E-state index < -0.39 is 9.84 Å². The van der Waals surface area contributed by atoms with Gasteiger partial charge in [0.05, 0.1) is 14.0 Å². The third-order valence-electron chi connectivity index (χ3n) is 3.44. The van der Waals surface area contributed by atoms with Crippen LogP contribution in [0.25, 0.3) is 11.1 Å². The highest BCUT2D eigenvalue weighted by atomic mass is 32.2. The molecule has 118 valence electrons. The first kappa shape index (κ1) is 16.2. The zero-order valence-corrected chi connectivity index (χ0v) is 15.0. The van der Waals surface area contributed by atoms with Crippen molar-refractivity contribution < 1.29 is 8.42 Å². The summed E-state index contributed by atoms with van der Waals surface area (Å²) in [7, 11) is -3.53. The molecule has 0 unspecified atom stereocenters. The third-order valence-corrected chi connectivity index (χ3v) is 7.58. The number of rotatable bonds is 4. The van der Waals surface area contributed by atoms with Gasteiger partial charge in [-0.3, -0.25) is 0 Å². The van der Waals surface area contributed by atoms with Gasteiger partial charge in [-0.05, 0) is 42.3 Å². The summed E-state index contributed by atoms with van der Waals surface area (Å²) in [6, 6.07) is 8.59. The van der Waals surface area contributed by atoms with Gasteiger partial charge in [0.1, 0.15) is 6.33 Å². The Bertz CT molecular complexity index is 949. The standard InChI is InChI=1S/C16H14N2O2S3/c1-11-14(9-17-10-18-11)12-4-3-5-13(8-12)23(19,20)15-6-7-22-16(15)21-2/h3-10H,1-2H3. The molecule has 0 N–H and O–H groups in total. The van der Waals surface area contributed by atoms with Crippen LogP contribution in [0, 0.1) is 6.92 Å². The minimum Gasteiger partial charge on any atom is -0.244 e. The molecular formula is C16H14N2O2S3. The minimum atomic E-state index is -3.53. The Morgan fingerprint density at radius 2 is 2.04 bits per heavy atom. The van der Waals surface area contributed by atoms with Gasteiger partial charge in [0, 0.05) is 17.5 Å². The lowest BCUT2D eigenvalue weighted by Gasteiger charge is -2.08. The minimum absolute atomic E-state index is 0.284. The van der Waals surface area contributed by atoms with Crippen molar-refractivity contribution in [2.45, 2.75) is 20.9 Å². The normalized spacial score (nSPS) is 11.6. The molecule has 2 aromatic heterocycles. The van der Waals surface area contributed by atoms with Crippen LogP contribution in [0.1, 0.15) is 5.69 Å². The van der Waals surface area contributed by atoms with Crippen LogP contribution < -0.4 is 0 Å². The van der Waals surface area contributed by atoms with Gasteiger partial charge in [0.2, 0.25) is 9.84 Å². The number of thioether (sulfide) groups is 1. The number of thiophene rings is 1. The number of aryl methyl sites for hydroxylation is 1. The third kappa shape index (κ3) is 3.04. The molecule has 0 atom stereocenters. The zero-order valence-electron chi connectivity index (χ0n) is 12.6. The van der Waals surface area contributed by atoms with Gasteiger partial charge in [-0.2, -0.15) is 0 Å². The predicted octanol–water partition coefficient (Wildman–Crippen LogP) is 4.07. The van der Waals surface area contributed by atoms with Crippen LogP contribution in [-0.2, 0) is 9.84 Å². The summed E-state index contributed by atoms with van der Waals surface area (Å²) < 4.78 is 26.6. The number of sulfone groups is 1. The molecular weight excluding hydrogens is 348 g/mol. The lowest BCUT2D eigenvalue weighted by atomic mass is 10.1. The summed E-state index contributed by atoms with van der Waals surface area (Å²) in [5.41, 5.74) is 2.44. The van der Waals surface area contributed by atoms with E-state index in [1.54, 1.807) is 35.8 Å². The van der Waals surface area contributed by atoms with E-state index in [9.17, 15) is 8.42 Å². The summed E-state index contributed by atoms with van der Waals surface area (Å²) >= 11 is 2.88. The Morgan fingerprint density at radius 3 is 2.78 bits per heavy atom. The van der Waals surface area contributed by atoms with E-state index in [0.717, 1.165) is 21.0 Å².